The Labute approximate surface area is 87.0 Å². The summed E-state index contributed by atoms with van der Waals surface area (Å²) < 4.78 is 3.52. The van der Waals surface area contributed by atoms with Crippen molar-refractivity contribution < 1.29 is 0 Å². The molecule has 5 nitrogen and oxygen atoms in total. The Morgan fingerprint density at radius 3 is 2.80 bits per heavy atom. The summed E-state index contributed by atoms with van der Waals surface area (Å²) >= 11 is 0. The average molecular weight is 204 g/mol. The van der Waals surface area contributed by atoms with Gasteiger partial charge in [-0.15, -0.1) is 0 Å². The van der Waals surface area contributed by atoms with Gasteiger partial charge in [0.15, 0.2) is 0 Å². The summed E-state index contributed by atoms with van der Waals surface area (Å²) in [6, 6.07) is 1.75. The van der Waals surface area contributed by atoms with Crippen LogP contribution in [0.25, 0.3) is 0 Å². The first-order valence-electron chi connectivity index (χ1n) is 4.75. The number of rotatable bonds is 3. The molecule has 2 heterocycles. The Morgan fingerprint density at radius 1 is 1.27 bits per heavy atom. The molecule has 78 valence electrons. The zero-order valence-corrected chi connectivity index (χ0v) is 8.50. The van der Waals surface area contributed by atoms with E-state index in [0.29, 0.717) is 6.54 Å². The van der Waals surface area contributed by atoms with E-state index >= 15 is 0 Å². The molecule has 5 heteroatoms. The van der Waals surface area contributed by atoms with Crippen LogP contribution in [0.3, 0.4) is 0 Å². The van der Waals surface area contributed by atoms with Crippen LogP contribution < -0.4 is 5.69 Å². The standard InChI is InChI=1S/C10H12N4O/c1-13-8-5-11-9(13)3-7-14-6-2-4-12-10(14)15/h2,4-6,8H,3,7H2,1H3. The molecule has 0 N–H and O–H groups in total. The molecule has 2 aromatic heterocycles. The molecule has 0 radical (unpaired) electrons. The summed E-state index contributed by atoms with van der Waals surface area (Å²) in [5, 5.41) is 0. The molecule has 0 aromatic carbocycles. The third-order valence-corrected chi connectivity index (χ3v) is 2.28. The fourth-order valence-corrected chi connectivity index (χ4v) is 1.42. The third-order valence-electron chi connectivity index (χ3n) is 2.28. The molecular formula is C10H12N4O. The highest BCUT2D eigenvalue weighted by Gasteiger charge is 2.00. The van der Waals surface area contributed by atoms with Crippen LogP contribution in [-0.4, -0.2) is 19.1 Å². The third kappa shape index (κ3) is 2.12. The number of hydrogen-bond donors (Lipinski definition) is 0. The lowest BCUT2D eigenvalue weighted by atomic mass is 10.4. The summed E-state index contributed by atoms with van der Waals surface area (Å²) in [7, 11) is 1.94. The van der Waals surface area contributed by atoms with Crippen molar-refractivity contribution in [2.45, 2.75) is 13.0 Å². The molecule has 0 fully saturated rings. The van der Waals surface area contributed by atoms with E-state index in [1.807, 2.05) is 17.8 Å². The van der Waals surface area contributed by atoms with Gasteiger partial charge in [0.2, 0.25) is 0 Å². The SMILES string of the molecule is Cn1ccnc1CCn1cccnc1=O. The number of nitrogens with zero attached hydrogens (tertiary/aromatic N) is 4. The number of hydrogen-bond acceptors (Lipinski definition) is 3. The highest BCUT2D eigenvalue weighted by Crippen LogP contribution is 1.96. The normalized spacial score (nSPS) is 10.5. The second-order valence-corrected chi connectivity index (χ2v) is 3.30. The summed E-state index contributed by atoms with van der Waals surface area (Å²) in [6.45, 7) is 0.609. The number of aromatic nitrogens is 4. The van der Waals surface area contributed by atoms with Crippen LogP contribution in [-0.2, 0) is 20.0 Å². The van der Waals surface area contributed by atoms with Crippen molar-refractivity contribution in [1.29, 1.82) is 0 Å². The quantitative estimate of drug-likeness (QED) is 0.718. The Bertz CT molecular complexity index is 500. The van der Waals surface area contributed by atoms with Gasteiger partial charge in [-0.3, -0.25) is 4.57 Å². The second-order valence-electron chi connectivity index (χ2n) is 3.30. The van der Waals surface area contributed by atoms with Gasteiger partial charge in [0.1, 0.15) is 5.82 Å². The maximum atomic E-state index is 11.3. The maximum Gasteiger partial charge on any atom is 0.347 e. The summed E-state index contributed by atoms with van der Waals surface area (Å²) in [5.41, 5.74) is -0.216. The lowest BCUT2D eigenvalue weighted by Crippen LogP contribution is -2.22. The van der Waals surface area contributed by atoms with Gasteiger partial charge in [-0.1, -0.05) is 0 Å². The summed E-state index contributed by atoms with van der Waals surface area (Å²) in [6.07, 6.45) is 7.61. The van der Waals surface area contributed by atoms with Crippen molar-refractivity contribution in [3.05, 3.63) is 47.2 Å². The average Bonchev–Trinajstić information content (AvgIpc) is 2.63. The largest absolute Gasteiger partial charge is 0.347 e. The smallest absolute Gasteiger partial charge is 0.338 e. The van der Waals surface area contributed by atoms with E-state index in [9.17, 15) is 4.79 Å². The van der Waals surface area contributed by atoms with Gasteiger partial charge in [0.25, 0.3) is 0 Å². The van der Waals surface area contributed by atoms with Crippen molar-refractivity contribution in [2.24, 2.45) is 7.05 Å². The monoisotopic (exact) mass is 204 g/mol. The number of aryl methyl sites for hydroxylation is 3. The lowest BCUT2D eigenvalue weighted by molar-refractivity contribution is 0.617. The maximum absolute atomic E-state index is 11.3. The molecule has 0 spiro atoms. The first kappa shape index (κ1) is 9.64. The molecule has 0 bridgehead atoms. The van der Waals surface area contributed by atoms with Gasteiger partial charge in [0, 0.05) is 44.8 Å². The molecule has 0 amide bonds. The Kier molecular flexibility index (Phi) is 2.62. The summed E-state index contributed by atoms with van der Waals surface area (Å²) in [4.78, 5) is 19.2. The summed E-state index contributed by atoms with van der Waals surface area (Å²) in [5.74, 6) is 0.964. The molecule has 0 saturated carbocycles. The predicted molar refractivity (Wildman–Crippen MR) is 55.4 cm³/mol. The molecule has 0 aliphatic carbocycles. The predicted octanol–water partition coefficient (Wildman–Crippen LogP) is 0.220. The van der Waals surface area contributed by atoms with Gasteiger partial charge in [-0.2, -0.15) is 0 Å². The van der Waals surface area contributed by atoms with Crippen LogP contribution in [0, 0.1) is 0 Å². The van der Waals surface area contributed by atoms with Crippen molar-refractivity contribution in [3.8, 4) is 0 Å². The Morgan fingerprint density at radius 2 is 2.13 bits per heavy atom. The molecule has 0 atom stereocenters. The second kappa shape index (κ2) is 4.08. The van der Waals surface area contributed by atoms with E-state index in [4.69, 9.17) is 0 Å². The van der Waals surface area contributed by atoms with Gasteiger partial charge < -0.3 is 4.57 Å². The van der Waals surface area contributed by atoms with Gasteiger partial charge in [-0.25, -0.2) is 14.8 Å². The minimum Gasteiger partial charge on any atom is -0.338 e. The highest BCUT2D eigenvalue weighted by atomic mass is 16.1. The first-order chi connectivity index (χ1) is 7.27. The van der Waals surface area contributed by atoms with Crippen LogP contribution in [0.4, 0.5) is 0 Å². The van der Waals surface area contributed by atoms with Gasteiger partial charge in [-0.05, 0) is 6.07 Å². The molecule has 0 aliphatic heterocycles. The Balaban J connectivity index is 2.09. The molecule has 0 aliphatic rings. The molecular weight excluding hydrogens is 192 g/mol. The Hall–Kier alpha value is -1.91. The van der Waals surface area contributed by atoms with Crippen LogP contribution in [0.15, 0.2) is 35.6 Å². The van der Waals surface area contributed by atoms with E-state index in [1.54, 1.807) is 23.0 Å². The van der Waals surface area contributed by atoms with Gasteiger partial charge in [0.05, 0.1) is 0 Å². The fourth-order valence-electron chi connectivity index (χ4n) is 1.42. The minimum absolute atomic E-state index is 0.216. The van der Waals surface area contributed by atoms with Crippen molar-refractivity contribution in [2.75, 3.05) is 0 Å². The molecule has 15 heavy (non-hydrogen) atoms. The van der Waals surface area contributed by atoms with E-state index < -0.39 is 0 Å². The van der Waals surface area contributed by atoms with Crippen LogP contribution in [0.5, 0.6) is 0 Å². The van der Waals surface area contributed by atoms with Crippen molar-refractivity contribution in [3.63, 3.8) is 0 Å². The zero-order valence-electron chi connectivity index (χ0n) is 8.50. The van der Waals surface area contributed by atoms with E-state index in [1.165, 1.54) is 6.20 Å². The molecule has 2 aromatic rings. The van der Waals surface area contributed by atoms with Gasteiger partial charge >= 0.3 is 5.69 Å². The van der Waals surface area contributed by atoms with Crippen molar-refractivity contribution in [1.82, 2.24) is 19.1 Å². The van der Waals surface area contributed by atoms with E-state index in [0.717, 1.165) is 12.2 Å². The zero-order chi connectivity index (χ0) is 10.7. The van der Waals surface area contributed by atoms with Crippen LogP contribution in [0.1, 0.15) is 5.82 Å². The topological polar surface area (TPSA) is 52.7 Å². The lowest BCUT2D eigenvalue weighted by Gasteiger charge is -2.03. The van der Waals surface area contributed by atoms with Crippen LogP contribution in [0.2, 0.25) is 0 Å². The number of imidazole rings is 1. The molecule has 2 rings (SSSR count). The fraction of sp³-hybridized carbons (Fsp3) is 0.300. The molecule has 0 unspecified atom stereocenters. The van der Waals surface area contributed by atoms with E-state index in [-0.39, 0.29) is 5.69 Å². The van der Waals surface area contributed by atoms with Crippen molar-refractivity contribution >= 4 is 0 Å². The van der Waals surface area contributed by atoms with Crippen LogP contribution >= 0.6 is 0 Å². The molecule has 0 saturated heterocycles. The first-order valence-corrected chi connectivity index (χ1v) is 4.75. The van der Waals surface area contributed by atoms with E-state index in [2.05, 4.69) is 9.97 Å². The minimum atomic E-state index is -0.216. The highest BCUT2D eigenvalue weighted by molar-refractivity contribution is 4.91.